The summed E-state index contributed by atoms with van der Waals surface area (Å²) in [5.41, 5.74) is 1.23. The van der Waals surface area contributed by atoms with Gasteiger partial charge in [0, 0.05) is 42.9 Å². The van der Waals surface area contributed by atoms with Gasteiger partial charge in [-0.05, 0) is 31.2 Å². The Morgan fingerprint density at radius 3 is 2.43 bits per heavy atom. The number of hydrogen-bond acceptors (Lipinski definition) is 4. The molecule has 8 heteroatoms. The van der Waals surface area contributed by atoms with Crippen LogP contribution in [-0.4, -0.2) is 26.4 Å². The first-order valence-electron chi connectivity index (χ1n) is 9.15. The Kier molecular flexibility index (Phi) is 6.39. The van der Waals surface area contributed by atoms with Crippen molar-refractivity contribution in [1.82, 2.24) is 9.55 Å². The van der Waals surface area contributed by atoms with Crippen LogP contribution in [0.2, 0.25) is 10.0 Å². The van der Waals surface area contributed by atoms with Crippen LogP contribution in [-0.2, 0) is 13.0 Å². The molecule has 0 bridgehead atoms. The first kappa shape index (κ1) is 21.7. The van der Waals surface area contributed by atoms with E-state index < -0.39 is 11.4 Å². The van der Waals surface area contributed by atoms with E-state index in [0.29, 0.717) is 34.2 Å². The minimum absolute atomic E-state index is 0.164. The molecular formula is C22H18Cl2N2O4. The van der Waals surface area contributed by atoms with Crippen LogP contribution in [0, 0.1) is 0 Å². The zero-order valence-corrected chi connectivity index (χ0v) is 17.8. The summed E-state index contributed by atoms with van der Waals surface area (Å²) in [6, 6.07) is 11.1. The second-order valence-electron chi connectivity index (χ2n) is 6.65. The standard InChI is InChI=1S/C22H18Cl2N2O4/c1-3-26-15(10-14-5-4-6-18(25-14)12(2)27)11-19(28)20(22(29)30)21(26)13-7-8-16(23)17(24)9-13/h4-9,11H,3,10H2,1-2H3,(H,29,30). The van der Waals surface area contributed by atoms with Crippen LogP contribution in [0.5, 0.6) is 0 Å². The van der Waals surface area contributed by atoms with Crippen LogP contribution in [0.15, 0.2) is 47.3 Å². The molecule has 30 heavy (non-hydrogen) atoms. The van der Waals surface area contributed by atoms with Crippen molar-refractivity contribution in [2.45, 2.75) is 26.8 Å². The van der Waals surface area contributed by atoms with Crippen molar-refractivity contribution >= 4 is 35.0 Å². The Morgan fingerprint density at radius 2 is 1.83 bits per heavy atom. The van der Waals surface area contributed by atoms with Crippen LogP contribution >= 0.6 is 23.2 Å². The van der Waals surface area contributed by atoms with E-state index in [0.717, 1.165) is 0 Å². The molecule has 154 valence electrons. The smallest absolute Gasteiger partial charge is 0.341 e. The van der Waals surface area contributed by atoms with E-state index in [2.05, 4.69) is 4.98 Å². The van der Waals surface area contributed by atoms with E-state index in [-0.39, 0.29) is 28.5 Å². The predicted octanol–water partition coefficient (Wildman–Crippen LogP) is 4.73. The number of benzene rings is 1. The summed E-state index contributed by atoms with van der Waals surface area (Å²) < 4.78 is 1.74. The molecule has 0 amide bonds. The molecule has 0 fully saturated rings. The highest BCUT2D eigenvalue weighted by molar-refractivity contribution is 6.42. The summed E-state index contributed by atoms with van der Waals surface area (Å²) in [5, 5.41) is 10.3. The number of rotatable bonds is 6. The fraction of sp³-hybridized carbons (Fsp3) is 0.182. The van der Waals surface area contributed by atoms with Crippen molar-refractivity contribution in [2.24, 2.45) is 0 Å². The minimum Gasteiger partial charge on any atom is -0.477 e. The van der Waals surface area contributed by atoms with Gasteiger partial charge in [0.15, 0.2) is 11.2 Å². The number of carboxylic acids is 1. The van der Waals surface area contributed by atoms with Crippen molar-refractivity contribution in [3.05, 3.63) is 85.4 Å². The minimum atomic E-state index is -1.33. The lowest BCUT2D eigenvalue weighted by Gasteiger charge is -2.20. The maximum atomic E-state index is 12.7. The third kappa shape index (κ3) is 4.30. The highest BCUT2D eigenvalue weighted by Gasteiger charge is 2.22. The van der Waals surface area contributed by atoms with E-state index in [4.69, 9.17) is 23.2 Å². The molecule has 0 radical (unpaired) electrons. The Morgan fingerprint density at radius 1 is 1.10 bits per heavy atom. The predicted molar refractivity (Wildman–Crippen MR) is 116 cm³/mol. The number of aromatic nitrogens is 2. The van der Waals surface area contributed by atoms with Gasteiger partial charge in [-0.15, -0.1) is 0 Å². The highest BCUT2D eigenvalue weighted by atomic mass is 35.5. The number of carbonyl (C=O) groups is 2. The number of nitrogens with zero attached hydrogens (tertiary/aromatic N) is 2. The molecule has 0 aliphatic carbocycles. The molecule has 2 heterocycles. The number of carboxylic acid groups (broad SMARTS) is 1. The molecule has 0 saturated heterocycles. The largest absolute Gasteiger partial charge is 0.477 e. The molecule has 0 saturated carbocycles. The molecule has 3 aromatic rings. The molecule has 0 aliphatic rings. The van der Waals surface area contributed by atoms with Gasteiger partial charge in [-0.2, -0.15) is 0 Å². The zero-order valence-electron chi connectivity index (χ0n) is 16.3. The van der Waals surface area contributed by atoms with Crippen LogP contribution in [0.25, 0.3) is 11.3 Å². The van der Waals surface area contributed by atoms with E-state index in [1.54, 1.807) is 34.9 Å². The van der Waals surface area contributed by atoms with Crippen molar-refractivity contribution in [1.29, 1.82) is 0 Å². The van der Waals surface area contributed by atoms with E-state index in [1.807, 2.05) is 6.92 Å². The van der Waals surface area contributed by atoms with Gasteiger partial charge in [0.1, 0.15) is 11.3 Å². The van der Waals surface area contributed by atoms with Gasteiger partial charge < -0.3 is 9.67 Å². The number of ketones is 1. The van der Waals surface area contributed by atoms with Gasteiger partial charge in [0.05, 0.1) is 15.7 Å². The lowest BCUT2D eigenvalue weighted by Crippen LogP contribution is -2.23. The summed E-state index contributed by atoms with van der Waals surface area (Å²) in [7, 11) is 0. The summed E-state index contributed by atoms with van der Waals surface area (Å²) in [4.78, 5) is 40.6. The van der Waals surface area contributed by atoms with Gasteiger partial charge in [0.2, 0.25) is 0 Å². The van der Waals surface area contributed by atoms with E-state index in [9.17, 15) is 19.5 Å². The van der Waals surface area contributed by atoms with Crippen molar-refractivity contribution in [3.63, 3.8) is 0 Å². The Bertz CT molecular complexity index is 1220. The number of Topliss-reactive ketones (excluding diaryl/α,β-unsaturated/α-hetero) is 1. The molecule has 1 N–H and O–H groups in total. The quantitative estimate of drug-likeness (QED) is 0.555. The van der Waals surface area contributed by atoms with Crippen molar-refractivity contribution in [2.75, 3.05) is 0 Å². The zero-order chi connectivity index (χ0) is 22.0. The topological polar surface area (TPSA) is 89.3 Å². The van der Waals surface area contributed by atoms with Crippen molar-refractivity contribution in [3.8, 4) is 11.3 Å². The molecule has 0 unspecified atom stereocenters. The monoisotopic (exact) mass is 444 g/mol. The van der Waals surface area contributed by atoms with Crippen LogP contribution in [0.3, 0.4) is 0 Å². The lowest BCUT2D eigenvalue weighted by atomic mass is 10.0. The second-order valence-corrected chi connectivity index (χ2v) is 7.46. The molecule has 3 rings (SSSR count). The number of aromatic carboxylic acids is 1. The Balaban J connectivity index is 2.25. The average Bonchev–Trinajstić information content (AvgIpc) is 2.69. The third-order valence-electron chi connectivity index (χ3n) is 4.65. The summed E-state index contributed by atoms with van der Waals surface area (Å²) in [5.74, 6) is -1.49. The number of carbonyl (C=O) groups excluding carboxylic acids is 1. The summed E-state index contributed by atoms with van der Waals surface area (Å²) in [6.07, 6.45) is 0.248. The number of hydrogen-bond donors (Lipinski definition) is 1. The van der Waals surface area contributed by atoms with E-state index >= 15 is 0 Å². The molecule has 1 aromatic carbocycles. The van der Waals surface area contributed by atoms with Gasteiger partial charge in [-0.3, -0.25) is 9.59 Å². The summed E-state index contributed by atoms with van der Waals surface area (Å²) >= 11 is 12.1. The first-order valence-corrected chi connectivity index (χ1v) is 9.90. The normalized spacial score (nSPS) is 10.8. The Labute approximate surface area is 182 Å². The number of halogens is 2. The molecule has 6 nitrogen and oxygen atoms in total. The maximum absolute atomic E-state index is 12.7. The maximum Gasteiger partial charge on any atom is 0.341 e. The van der Waals surface area contributed by atoms with Crippen LogP contribution in [0.1, 0.15) is 46.1 Å². The fourth-order valence-electron chi connectivity index (χ4n) is 3.31. The first-order chi connectivity index (χ1) is 14.2. The Hall–Kier alpha value is -2.96. The molecular weight excluding hydrogens is 427 g/mol. The SMILES string of the molecule is CCn1c(Cc2cccc(C(C)=O)n2)cc(=O)c(C(=O)O)c1-c1ccc(Cl)c(Cl)c1. The van der Waals surface area contributed by atoms with Gasteiger partial charge in [-0.25, -0.2) is 9.78 Å². The third-order valence-corrected chi connectivity index (χ3v) is 5.39. The van der Waals surface area contributed by atoms with Gasteiger partial charge in [0.25, 0.3) is 0 Å². The number of pyridine rings is 2. The molecule has 2 aromatic heterocycles. The highest BCUT2D eigenvalue weighted by Crippen LogP contribution is 2.31. The average molecular weight is 445 g/mol. The van der Waals surface area contributed by atoms with Crippen LogP contribution < -0.4 is 5.43 Å². The molecule has 0 atom stereocenters. The van der Waals surface area contributed by atoms with Crippen LogP contribution in [0.4, 0.5) is 0 Å². The second kappa shape index (κ2) is 8.81. The summed E-state index contributed by atoms with van der Waals surface area (Å²) in [6.45, 7) is 3.68. The van der Waals surface area contributed by atoms with E-state index in [1.165, 1.54) is 19.1 Å². The van der Waals surface area contributed by atoms with Gasteiger partial charge >= 0.3 is 5.97 Å². The van der Waals surface area contributed by atoms with Gasteiger partial charge in [-0.1, -0.05) is 35.3 Å². The fourth-order valence-corrected chi connectivity index (χ4v) is 3.61. The van der Waals surface area contributed by atoms with Crippen molar-refractivity contribution < 1.29 is 14.7 Å². The lowest BCUT2D eigenvalue weighted by molar-refractivity contribution is 0.0695. The molecule has 0 spiro atoms. The molecule has 0 aliphatic heterocycles.